The Morgan fingerprint density at radius 3 is 2.65 bits per heavy atom. The first-order chi connectivity index (χ1) is 9.54. The first kappa shape index (κ1) is 14.8. The summed E-state index contributed by atoms with van der Waals surface area (Å²) in [4.78, 5) is 24.8. The summed E-state index contributed by atoms with van der Waals surface area (Å²) in [5, 5.41) is 2.94. The van der Waals surface area contributed by atoms with Crippen molar-refractivity contribution >= 4 is 33.8 Å². The number of carbonyl (C=O) groups is 2. The molecule has 0 bridgehead atoms. The van der Waals surface area contributed by atoms with E-state index in [1.165, 1.54) is 6.08 Å². The lowest BCUT2D eigenvalue weighted by molar-refractivity contribution is -0.129. The van der Waals surface area contributed by atoms with E-state index in [-0.39, 0.29) is 17.9 Å². The number of rotatable bonds is 3. The smallest absolute Gasteiger partial charge is 0.244 e. The highest BCUT2D eigenvalue weighted by Gasteiger charge is 2.21. The van der Waals surface area contributed by atoms with Gasteiger partial charge in [-0.15, -0.1) is 0 Å². The molecule has 0 atom stereocenters. The van der Waals surface area contributed by atoms with Gasteiger partial charge in [-0.2, -0.15) is 0 Å². The van der Waals surface area contributed by atoms with Crippen LogP contribution in [0.5, 0.6) is 0 Å². The Kier molecular flexibility index (Phi) is 5.00. The topological polar surface area (TPSA) is 62.6 Å². The maximum absolute atomic E-state index is 11.8. The van der Waals surface area contributed by atoms with E-state index in [9.17, 15) is 9.59 Å². The molecular formula is C14H17BrN2O3. The van der Waals surface area contributed by atoms with Crippen LogP contribution in [0.3, 0.4) is 0 Å². The maximum Gasteiger partial charge on any atom is 0.244 e. The summed E-state index contributed by atoms with van der Waals surface area (Å²) in [6.45, 7) is 2.98. The van der Waals surface area contributed by atoms with Crippen LogP contribution in [0.25, 0.3) is 6.08 Å². The van der Waals surface area contributed by atoms with Crippen molar-refractivity contribution in [1.82, 2.24) is 10.2 Å². The summed E-state index contributed by atoms with van der Waals surface area (Å²) < 4.78 is 5.90. The molecule has 0 aromatic carbocycles. The molecule has 0 radical (unpaired) electrons. The first-order valence-electron chi connectivity index (χ1n) is 6.54. The molecule has 6 heteroatoms. The van der Waals surface area contributed by atoms with Crippen molar-refractivity contribution < 1.29 is 14.0 Å². The molecule has 1 aromatic rings. The molecule has 0 unspecified atom stereocenters. The van der Waals surface area contributed by atoms with E-state index in [1.54, 1.807) is 30.0 Å². The largest absolute Gasteiger partial charge is 0.450 e. The number of likely N-dealkylation sites (tertiary alicyclic amines) is 1. The fourth-order valence-corrected chi connectivity index (χ4v) is 2.48. The van der Waals surface area contributed by atoms with Crippen molar-refractivity contribution in [2.24, 2.45) is 0 Å². The summed E-state index contributed by atoms with van der Waals surface area (Å²) in [6.07, 6.45) is 4.68. The Hall–Kier alpha value is -1.56. The minimum absolute atomic E-state index is 0.0954. The molecule has 1 aliphatic rings. The minimum atomic E-state index is -0.140. The zero-order valence-corrected chi connectivity index (χ0v) is 12.9. The number of halogens is 1. The predicted octanol–water partition coefficient (Wildman–Crippen LogP) is 2.18. The van der Waals surface area contributed by atoms with Crippen molar-refractivity contribution in [1.29, 1.82) is 0 Å². The van der Waals surface area contributed by atoms with Crippen LogP contribution in [0, 0.1) is 0 Å². The fraction of sp³-hybridized carbons (Fsp3) is 0.429. The quantitative estimate of drug-likeness (QED) is 0.858. The number of hydrogen-bond acceptors (Lipinski definition) is 3. The van der Waals surface area contributed by atoms with Crippen LogP contribution in [0.2, 0.25) is 0 Å². The SMILES string of the molecule is CC(=O)N1CCC(NC(=O)C=Cc2ccc(Br)o2)CC1. The monoisotopic (exact) mass is 340 g/mol. The first-order valence-corrected chi connectivity index (χ1v) is 7.33. The predicted molar refractivity (Wildman–Crippen MR) is 78.9 cm³/mol. The second kappa shape index (κ2) is 6.74. The van der Waals surface area contributed by atoms with Crippen molar-refractivity contribution in [2.45, 2.75) is 25.8 Å². The highest BCUT2D eigenvalue weighted by molar-refractivity contribution is 9.10. The molecule has 1 aromatic heterocycles. The Morgan fingerprint density at radius 2 is 2.10 bits per heavy atom. The van der Waals surface area contributed by atoms with Gasteiger partial charge >= 0.3 is 0 Å². The van der Waals surface area contributed by atoms with Crippen LogP contribution >= 0.6 is 15.9 Å². The molecule has 2 rings (SSSR count). The molecule has 20 heavy (non-hydrogen) atoms. The lowest BCUT2D eigenvalue weighted by Crippen LogP contribution is -2.45. The standard InChI is InChI=1S/C14H17BrN2O3/c1-10(18)17-8-6-11(7-9-17)16-14(19)5-3-12-2-4-13(15)20-12/h2-5,11H,6-9H2,1H3,(H,16,19). The number of carbonyl (C=O) groups excluding carboxylic acids is 2. The Morgan fingerprint density at radius 1 is 1.40 bits per heavy atom. The zero-order chi connectivity index (χ0) is 14.5. The van der Waals surface area contributed by atoms with E-state index in [4.69, 9.17) is 4.42 Å². The normalized spacial score (nSPS) is 16.6. The number of nitrogens with one attached hydrogen (secondary N) is 1. The van der Waals surface area contributed by atoms with Gasteiger partial charge < -0.3 is 14.6 Å². The Labute approximate surface area is 126 Å². The summed E-state index contributed by atoms with van der Waals surface area (Å²) in [6, 6.07) is 3.68. The molecule has 0 spiro atoms. The van der Waals surface area contributed by atoms with Crippen molar-refractivity contribution in [3.8, 4) is 0 Å². The summed E-state index contributed by atoms with van der Waals surface area (Å²) in [5.74, 6) is 0.579. The molecule has 1 N–H and O–H groups in total. The fourth-order valence-electron chi connectivity index (χ4n) is 2.16. The number of furan rings is 1. The third-order valence-electron chi connectivity index (χ3n) is 3.28. The second-order valence-electron chi connectivity index (χ2n) is 4.76. The number of amides is 2. The van der Waals surface area contributed by atoms with Gasteiger partial charge in [0, 0.05) is 32.1 Å². The molecular weight excluding hydrogens is 324 g/mol. The molecule has 1 fully saturated rings. The molecule has 108 valence electrons. The highest BCUT2D eigenvalue weighted by Crippen LogP contribution is 2.15. The van der Waals surface area contributed by atoms with Gasteiger partial charge in [0.15, 0.2) is 4.67 Å². The minimum Gasteiger partial charge on any atom is -0.450 e. The lowest BCUT2D eigenvalue weighted by Gasteiger charge is -2.31. The van der Waals surface area contributed by atoms with Gasteiger partial charge in [-0.3, -0.25) is 9.59 Å². The van der Waals surface area contributed by atoms with Gasteiger partial charge in [0.1, 0.15) is 5.76 Å². The molecule has 2 amide bonds. The van der Waals surface area contributed by atoms with Crippen LogP contribution in [0.4, 0.5) is 0 Å². The molecule has 1 aliphatic heterocycles. The van der Waals surface area contributed by atoms with E-state index >= 15 is 0 Å². The number of piperidine rings is 1. The Bertz CT molecular complexity index is 516. The third kappa shape index (κ3) is 4.23. The van der Waals surface area contributed by atoms with E-state index in [0.717, 1.165) is 12.8 Å². The average molecular weight is 341 g/mol. The molecule has 0 saturated carbocycles. The molecule has 2 heterocycles. The van der Waals surface area contributed by atoms with Crippen LogP contribution in [0.1, 0.15) is 25.5 Å². The van der Waals surface area contributed by atoms with Crippen molar-refractivity contribution in [3.63, 3.8) is 0 Å². The molecule has 1 saturated heterocycles. The summed E-state index contributed by atoms with van der Waals surface area (Å²) in [7, 11) is 0. The van der Waals surface area contributed by atoms with Crippen LogP contribution in [-0.2, 0) is 9.59 Å². The van der Waals surface area contributed by atoms with Crippen LogP contribution < -0.4 is 5.32 Å². The second-order valence-corrected chi connectivity index (χ2v) is 5.55. The van der Waals surface area contributed by atoms with Gasteiger partial charge in [0.05, 0.1) is 0 Å². The van der Waals surface area contributed by atoms with E-state index in [1.807, 2.05) is 0 Å². The highest BCUT2D eigenvalue weighted by atomic mass is 79.9. The summed E-state index contributed by atoms with van der Waals surface area (Å²) in [5.41, 5.74) is 0. The van der Waals surface area contributed by atoms with Gasteiger partial charge in [-0.05, 0) is 47.0 Å². The van der Waals surface area contributed by atoms with Gasteiger partial charge in [0.25, 0.3) is 0 Å². The van der Waals surface area contributed by atoms with E-state index in [2.05, 4.69) is 21.2 Å². The van der Waals surface area contributed by atoms with Crippen molar-refractivity contribution in [3.05, 3.63) is 28.6 Å². The molecule has 5 nitrogen and oxygen atoms in total. The van der Waals surface area contributed by atoms with Gasteiger partial charge in [0.2, 0.25) is 11.8 Å². The van der Waals surface area contributed by atoms with Gasteiger partial charge in [-0.1, -0.05) is 0 Å². The van der Waals surface area contributed by atoms with Gasteiger partial charge in [-0.25, -0.2) is 0 Å². The summed E-state index contributed by atoms with van der Waals surface area (Å²) >= 11 is 3.20. The number of nitrogens with zero attached hydrogens (tertiary/aromatic N) is 1. The zero-order valence-electron chi connectivity index (χ0n) is 11.3. The molecule has 0 aliphatic carbocycles. The van der Waals surface area contributed by atoms with Crippen molar-refractivity contribution in [2.75, 3.05) is 13.1 Å². The number of hydrogen-bond donors (Lipinski definition) is 1. The average Bonchev–Trinajstić information content (AvgIpc) is 2.83. The van der Waals surface area contributed by atoms with Crippen LogP contribution in [-0.4, -0.2) is 35.8 Å². The van der Waals surface area contributed by atoms with Crippen LogP contribution in [0.15, 0.2) is 27.3 Å². The maximum atomic E-state index is 11.8. The Balaban J connectivity index is 1.78. The third-order valence-corrected chi connectivity index (χ3v) is 3.71. The van der Waals surface area contributed by atoms with E-state index < -0.39 is 0 Å². The van der Waals surface area contributed by atoms with E-state index in [0.29, 0.717) is 23.5 Å². The lowest BCUT2D eigenvalue weighted by atomic mass is 10.1.